The van der Waals surface area contributed by atoms with E-state index in [1.807, 2.05) is 20.8 Å². The van der Waals surface area contributed by atoms with Crippen molar-refractivity contribution in [3.63, 3.8) is 0 Å². The molecular weight excluding hydrogens is 312 g/mol. The molecular formula is C21H32N2O2. The summed E-state index contributed by atoms with van der Waals surface area (Å²) in [6.07, 6.45) is 1.96. The fourth-order valence-corrected chi connectivity index (χ4v) is 3.96. The minimum atomic E-state index is -0.439. The van der Waals surface area contributed by atoms with Gasteiger partial charge in [0.05, 0.1) is 6.04 Å². The number of carbonyl (C=O) groups is 1. The molecule has 0 bridgehead atoms. The molecule has 2 aliphatic rings. The van der Waals surface area contributed by atoms with Gasteiger partial charge in [0, 0.05) is 25.2 Å². The molecule has 4 nitrogen and oxygen atoms in total. The van der Waals surface area contributed by atoms with Crippen LogP contribution in [0.2, 0.25) is 0 Å². The Morgan fingerprint density at radius 1 is 1.20 bits per heavy atom. The van der Waals surface area contributed by atoms with E-state index in [-0.39, 0.29) is 12.1 Å². The summed E-state index contributed by atoms with van der Waals surface area (Å²) < 4.78 is 5.71. The summed E-state index contributed by atoms with van der Waals surface area (Å²) >= 11 is 0. The number of hydrogen-bond donors (Lipinski definition) is 0. The molecule has 1 saturated heterocycles. The third-order valence-electron chi connectivity index (χ3n) is 4.97. The summed E-state index contributed by atoms with van der Waals surface area (Å²) in [4.78, 5) is 17.4. The first-order valence-corrected chi connectivity index (χ1v) is 9.54. The van der Waals surface area contributed by atoms with Crippen LogP contribution in [0.1, 0.15) is 53.0 Å². The largest absolute Gasteiger partial charge is 0.444 e. The minimum Gasteiger partial charge on any atom is -0.444 e. The van der Waals surface area contributed by atoms with Crippen LogP contribution < -0.4 is 0 Å². The van der Waals surface area contributed by atoms with Crippen LogP contribution in [0.5, 0.6) is 0 Å². The molecule has 0 aromatic heterocycles. The van der Waals surface area contributed by atoms with Crippen molar-refractivity contribution >= 4 is 6.09 Å². The standard InChI is InChI=1S/C21H32N2O2/c1-15(2)11-17-14-22(13-16-9-7-6-8-10-16)18-12-19(18)23(17)20(24)25-21(3,4)5/h6-10,15,17-19H,11-14H2,1-5H3/t17-,18+,19-/m0/s1. The molecule has 138 valence electrons. The van der Waals surface area contributed by atoms with E-state index in [0.717, 1.165) is 25.9 Å². The quantitative estimate of drug-likeness (QED) is 0.816. The van der Waals surface area contributed by atoms with Crippen molar-refractivity contribution < 1.29 is 9.53 Å². The topological polar surface area (TPSA) is 32.8 Å². The highest BCUT2D eigenvalue weighted by Crippen LogP contribution is 2.41. The van der Waals surface area contributed by atoms with Crippen LogP contribution in [0.4, 0.5) is 4.79 Å². The van der Waals surface area contributed by atoms with E-state index in [9.17, 15) is 4.79 Å². The summed E-state index contributed by atoms with van der Waals surface area (Å²) in [5.74, 6) is 0.559. The maximum atomic E-state index is 12.8. The molecule has 1 aromatic carbocycles. The molecule has 0 N–H and O–H groups in total. The fraction of sp³-hybridized carbons (Fsp3) is 0.667. The number of rotatable bonds is 4. The number of fused-ring (bicyclic) bond motifs is 1. The number of piperazine rings is 1. The van der Waals surface area contributed by atoms with Gasteiger partial charge in [0.2, 0.25) is 0 Å². The molecule has 1 saturated carbocycles. The van der Waals surface area contributed by atoms with E-state index in [1.165, 1.54) is 5.56 Å². The lowest BCUT2D eigenvalue weighted by molar-refractivity contribution is -0.00740. The van der Waals surface area contributed by atoms with Crippen molar-refractivity contribution in [2.75, 3.05) is 6.54 Å². The van der Waals surface area contributed by atoms with Crippen LogP contribution in [0.15, 0.2) is 30.3 Å². The number of carbonyl (C=O) groups excluding carboxylic acids is 1. The van der Waals surface area contributed by atoms with Crippen LogP contribution in [0, 0.1) is 5.92 Å². The highest BCUT2D eigenvalue weighted by molar-refractivity contribution is 5.70. The molecule has 4 heteroatoms. The van der Waals surface area contributed by atoms with Gasteiger partial charge in [-0.2, -0.15) is 0 Å². The zero-order valence-corrected chi connectivity index (χ0v) is 16.2. The Balaban J connectivity index is 1.73. The second-order valence-electron chi connectivity index (χ2n) is 8.96. The van der Waals surface area contributed by atoms with Gasteiger partial charge in [-0.05, 0) is 45.1 Å². The van der Waals surface area contributed by atoms with Gasteiger partial charge in [0.1, 0.15) is 5.60 Å². The number of benzene rings is 1. The third kappa shape index (κ3) is 4.55. The summed E-state index contributed by atoms with van der Waals surface area (Å²) in [6, 6.07) is 11.7. The SMILES string of the molecule is CC(C)C[C@H]1CN(Cc2ccccc2)[C@@H]2C[C@@H]2N1C(=O)OC(C)(C)C. The normalized spacial score (nSPS) is 26.5. The van der Waals surface area contributed by atoms with Crippen molar-refractivity contribution in [3.8, 4) is 0 Å². The van der Waals surface area contributed by atoms with Gasteiger partial charge in [-0.15, -0.1) is 0 Å². The highest BCUT2D eigenvalue weighted by atomic mass is 16.6. The molecule has 0 unspecified atom stereocenters. The molecule has 1 aliphatic heterocycles. The first kappa shape index (κ1) is 18.2. The Labute approximate surface area is 152 Å². The summed E-state index contributed by atoms with van der Waals surface area (Å²) in [6.45, 7) is 12.2. The second kappa shape index (κ2) is 6.99. The Bertz CT molecular complexity index is 594. The summed E-state index contributed by atoms with van der Waals surface area (Å²) in [5.41, 5.74) is 0.910. The lowest BCUT2D eigenvalue weighted by Gasteiger charge is -2.42. The van der Waals surface area contributed by atoms with Crippen LogP contribution in [0.25, 0.3) is 0 Å². The van der Waals surface area contributed by atoms with Crippen LogP contribution in [-0.2, 0) is 11.3 Å². The number of nitrogens with zero attached hydrogens (tertiary/aromatic N) is 2. The van der Waals surface area contributed by atoms with Crippen LogP contribution in [-0.4, -0.2) is 46.2 Å². The Hall–Kier alpha value is -1.55. The van der Waals surface area contributed by atoms with Crippen LogP contribution >= 0.6 is 0 Å². The Kier molecular flexibility index (Phi) is 5.10. The van der Waals surface area contributed by atoms with E-state index in [0.29, 0.717) is 18.0 Å². The van der Waals surface area contributed by atoms with Crippen LogP contribution in [0.3, 0.4) is 0 Å². The van der Waals surface area contributed by atoms with Crippen molar-refractivity contribution in [1.29, 1.82) is 0 Å². The molecule has 1 amide bonds. The van der Waals surface area contributed by atoms with Crippen molar-refractivity contribution in [2.45, 2.75) is 77.7 Å². The van der Waals surface area contributed by atoms with Gasteiger partial charge < -0.3 is 4.74 Å². The minimum absolute atomic E-state index is 0.134. The number of amides is 1. The Morgan fingerprint density at radius 2 is 1.88 bits per heavy atom. The van der Waals surface area contributed by atoms with Crippen molar-refractivity contribution in [3.05, 3.63) is 35.9 Å². The van der Waals surface area contributed by atoms with E-state index in [2.05, 4.69) is 54.0 Å². The average Bonchev–Trinajstić information content (AvgIpc) is 3.26. The van der Waals surface area contributed by atoms with Gasteiger partial charge in [0.25, 0.3) is 0 Å². The lowest BCUT2D eigenvalue weighted by Crippen LogP contribution is -2.56. The predicted octanol–water partition coefficient (Wildman–Crippen LogP) is 4.29. The monoisotopic (exact) mass is 344 g/mol. The van der Waals surface area contributed by atoms with E-state index in [4.69, 9.17) is 4.74 Å². The summed E-state index contributed by atoms with van der Waals surface area (Å²) in [7, 11) is 0. The Morgan fingerprint density at radius 3 is 2.48 bits per heavy atom. The predicted molar refractivity (Wildman–Crippen MR) is 100 cm³/mol. The third-order valence-corrected chi connectivity index (χ3v) is 4.97. The zero-order valence-electron chi connectivity index (χ0n) is 16.2. The highest BCUT2D eigenvalue weighted by Gasteiger charge is 2.54. The summed E-state index contributed by atoms with van der Waals surface area (Å²) in [5, 5.41) is 0. The molecule has 0 radical (unpaired) electrons. The molecule has 3 atom stereocenters. The molecule has 1 aromatic rings. The zero-order chi connectivity index (χ0) is 18.2. The van der Waals surface area contributed by atoms with Gasteiger partial charge in [0.15, 0.2) is 0 Å². The van der Waals surface area contributed by atoms with Gasteiger partial charge in [-0.3, -0.25) is 9.80 Å². The van der Waals surface area contributed by atoms with Gasteiger partial charge >= 0.3 is 6.09 Å². The maximum Gasteiger partial charge on any atom is 0.410 e. The molecule has 1 heterocycles. The average molecular weight is 344 g/mol. The van der Waals surface area contributed by atoms with Crippen molar-refractivity contribution in [2.24, 2.45) is 5.92 Å². The van der Waals surface area contributed by atoms with Crippen molar-refractivity contribution in [1.82, 2.24) is 9.80 Å². The van der Waals surface area contributed by atoms with Gasteiger partial charge in [-0.1, -0.05) is 44.2 Å². The maximum absolute atomic E-state index is 12.8. The molecule has 25 heavy (non-hydrogen) atoms. The number of hydrogen-bond acceptors (Lipinski definition) is 3. The van der Waals surface area contributed by atoms with E-state index >= 15 is 0 Å². The molecule has 3 rings (SSSR count). The molecule has 1 aliphatic carbocycles. The van der Waals surface area contributed by atoms with E-state index in [1.54, 1.807) is 0 Å². The second-order valence-corrected chi connectivity index (χ2v) is 8.96. The first-order valence-electron chi connectivity index (χ1n) is 9.54. The smallest absolute Gasteiger partial charge is 0.410 e. The van der Waals surface area contributed by atoms with E-state index < -0.39 is 5.60 Å². The fourth-order valence-electron chi connectivity index (χ4n) is 3.96. The first-order chi connectivity index (χ1) is 11.7. The molecule has 2 fully saturated rings. The van der Waals surface area contributed by atoms with Gasteiger partial charge in [-0.25, -0.2) is 4.79 Å². The lowest BCUT2D eigenvalue weighted by atomic mass is 10.00. The number of ether oxygens (including phenoxy) is 1. The molecule has 0 spiro atoms.